The van der Waals surface area contributed by atoms with Crippen LogP contribution in [0.4, 0.5) is 11.4 Å². The number of nitrogens with zero attached hydrogens (tertiary/aromatic N) is 2. The molecule has 0 aliphatic rings. The maximum Gasteiger partial charge on any atom is 0.257 e. The molecular weight excluding hydrogens is 288 g/mol. The molecule has 5 nitrogen and oxygen atoms in total. The Balaban J connectivity index is 1.98. The van der Waals surface area contributed by atoms with Gasteiger partial charge in [0.1, 0.15) is 0 Å². The number of carbonyl (C=O) groups excluding carboxylic acids is 1. The Morgan fingerprint density at radius 2 is 1.87 bits per heavy atom. The van der Waals surface area contributed by atoms with Crippen molar-refractivity contribution >= 4 is 17.3 Å². The van der Waals surface area contributed by atoms with Crippen LogP contribution in [0.5, 0.6) is 0 Å². The number of aryl methyl sites for hydroxylation is 1. The van der Waals surface area contributed by atoms with E-state index >= 15 is 0 Å². The van der Waals surface area contributed by atoms with Gasteiger partial charge in [-0.2, -0.15) is 0 Å². The number of benzene rings is 1. The third-order valence-electron chi connectivity index (χ3n) is 3.51. The summed E-state index contributed by atoms with van der Waals surface area (Å²) in [4.78, 5) is 18.5. The summed E-state index contributed by atoms with van der Waals surface area (Å²) in [6, 6.07) is 9.70. The highest BCUT2D eigenvalue weighted by Gasteiger charge is 2.07. The van der Waals surface area contributed by atoms with Crippen molar-refractivity contribution in [1.29, 1.82) is 0 Å². The number of rotatable bonds is 7. The molecular formula is C18H24N4O. The highest BCUT2D eigenvalue weighted by atomic mass is 16.1. The Hall–Kier alpha value is -2.40. The maximum atomic E-state index is 12.3. The van der Waals surface area contributed by atoms with Crippen LogP contribution < -0.4 is 10.6 Å². The van der Waals surface area contributed by atoms with Gasteiger partial charge in [-0.25, -0.2) is 0 Å². The second-order valence-electron chi connectivity index (χ2n) is 5.70. The number of aromatic nitrogens is 1. The van der Waals surface area contributed by atoms with Crippen LogP contribution in [0.3, 0.4) is 0 Å². The van der Waals surface area contributed by atoms with Crippen LogP contribution in [0.25, 0.3) is 0 Å². The van der Waals surface area contributed by atoms with E-state index in [4.69, 9.17) is 0 Å². The lowest BCUT2D eigenvalue weighted by atomic mass is 10.1. The van der Waals surface area contributed by atoms with Gasteiger partial charge in [0.2, 0.25) is 0 Å². The zero-order chi connectivity index (χ0) is 16.7. The van der Waals surface area contributed by atoms with Gasteiger partial charge >= 0.3 is 0 Å². The van der Waals surface area contributed by atoms with Gasteiger partial charge in [-0.3, -0.25) is 9.78 Å². The molecule has 0 saturated heterocycles. The first kappa shape index (κ1) is 17.0. The quantitative estimate of drug-likeness (QED) is 0.825. The fourth-order valence-electron chi connectivity index (χ4n) is 2.11. The molecule has 1 amide bonds. The van der Waals surface area contributed by atoms with Crippen molar-refractivity contribution in [3.8, 4) is 0 Å². The number of hydrogen-bond acceptors (Lipinski definition) is 4. The molecule has 0 aliphatic carbocycles. The van der Waals surface area contributed by atoms with Gasteiger partial charge < -0.3 is 15.5 Å². The van der Waals surface area contributed by atoms with Crippen LogP contribution in [-0.2, 0) is 6.42 Å². The largest absolute Gasteiger partial charge is 0.382 e. The highest BCUT2D eigenvalue weighted by Crippen LogP contribution is 2.13. The van der Waals surface area contributed by atoms with Gasteiger partial charge in [0.25, 0.3) is 5.91 Å². The van der Waals surface area contributed by atoms with Gasteiger partial charge in [-0.15, -0.1) is 0 Å². The molecule has 23 heavy (non-hydrogen) atoms. The van der Waals surface area contributed by atoms with Crippen LogP contribution in [0.1, 0.15) is 22.8 Å². The first-order chi connectivity index (χ1) is 11.1. The number of nitrogens with one attached hydrogen (secondary N) is 2. The molecule has 0 bridgehead atoms. The molecule has 0 radical (unpaired) electrons. The van der Waals surface area contributed by atoms with E-state index in [1.165, 1.54) is 5.56 Å². The molecule has 1 aromatic carbocycles. The normalized spacial score (nSPS) is 10.6. The Morgan fingerprint density at radius 1 is 1.13 bits per heavy atom. The number of carbonyl (C=O) groups is 1. The Labute approximate surface area is 137 Å². The number of anilines is 2. The van der Waals surface area contributed by atoms with Crippen molar-refractivity contribution in [3.63, 3.8) is 0 Å². The zero-order valence-corrected chi connectivity index (χ0v) is 14.0. The number of pyridine rings is 1. The molecule has 0 saturated carbocycles. The van der Waals surface area contributed by atoms with Crippen molar-refractivity contribution in [2.75, 3.05) is 37.8 Å². The van der Waals surface area contributed by atoms with Crippen LogP contribution in [0.15, 0.2) is 42.7 Å². The fraction of sp³-hybridized carbons (Fsp3) is 0.333. The van der Waals surface area contributed by atoms with E-state index in [9.17, 15) is 4.79 Å². The molecule has 1 heterocycles. The second-order valence-corrected chi connectivity index (χ2v) is 5.70. The van der Waals surface area contributed by atoms with E-state index < -0.39 is 0 Å². The lowest BCUT2D eigenvalue weighted by Gasteiger charge is -2.12. The molecule has 122 valence electrons. The molecule has 0 aliphatic heterocycles. The van der Waals surface area contributed by atoms with E-state index in [2.05, 4.69) is 27.4 Å². The average Bonchev–Trinajstić information content (AvgIpc) is 2.55. The Bertz CT molecular complexity index is 638. The molecule has 0 atom stereocenters. The maximum absolute atomic E-state index is 12.3. The van der Waals surface area contributed by atoms with Gasteiger partial charge in [-0.1, -0.05) is 19.1 Å². The summed E-state index contributed by atoms with van der Waals surface area (Å²) in [5, 5.41) is 6.16. The van der Waals surface area contributed by atoms with Gasteiger partial charge in [0.05, 0.1) is 11.3 Å². The molecule has 2 aromatic rings. The SMILES string of the molecule is CCc1ccc(NC(=O)c2cncc(NCCN(C)C)c2)cc1. The average molecular weight is 312 g/mol. The predicted molar refractivity (Wildman–Crippen MR) is 95.1 cm³/mol. The van der Waals surface area contributed by atoms with E-state index in [0.29, 0.717) is 5.56 Å². The van der Waals surface area contributed by atoms with Crippen molar-refractivity contribution in [2.45, 2.75) is 13.3 Å². The number of amides is 1. The summed E-state index contributed by atoms with van der Waals surface area (Å²) in [6.07, 6.45) is 4.29. The minimum atomic E-state index is -0.155. The van der Waals surface area contributed by atoms with Gasteiger partial charge in [0.15, 0.2) is 0 Å². The minimum absolute atomic E-state index is 0.155. The van der Waals surface area contributed by atoms with Crippen LogP contribution in [0.2, 0.25) is 0 Å². The molecule has 0 spiro atoms. The first-order valence-electron chi connectivity index (χ1n) is 7.82. The molecule has 0 fully saturated rings. The minimum Gasteiger partial charge on any atom is -0.382 e. The van der Waals surface area contributed by atoms with E-state index in [-0.39, 0.29) is 5.91 Å². The van der Waals surface area contributed by atoms with Crippen LogP contribution in [0, 0.1) is 0 Å². The second kappa shape index (κ2) is 8.29. The number of likely N-dealkylation sites (N-methyl/N-ethyl adjacent to an activating group) is 1. The Morgan fingerprint density at radius 3 is 2.52 bits per heavy atom. The standard InChI is InChI=1S/C18H24N4O/c1-4-14-5-7-16(8-6-14)21-18(23)15-11-17(13-19-12-15)20-9-10-22(2)3/h5-8,11-13,20H,4,9-10H2,1-3H3,(H,21,23). The first-order valence-corrected chi connectivity index (χ1v) is 7.82. The molecule has 0 unspecified atom stereocenters. The van der Waals surface area contributed by atoms with Crippen molar-refractivity contribution in [2.24, 2.45) is 0 Å². The van der Waals surface area contributed by atoms with E-state index in [1.807, 2.05) is 44.4 Å². The smallest absolute Gasteiger partial charge is 0.257 e. The summed E-state index contributed by atoms with van der Waals surface area (Å²) < 4.78 is 0. The van der Waals surface area contributed by atoms with E-state index in [1.54, 1.807) is 12.4 Å². The highest BCUT2D eigenvalue weighted by molar-refractivity contribution is 6.04. The van der Waals surface area contributed by atoms with Crippen LogP contribution in [-0.4, -0.2) is 43.0 Å². The summed E-state index contributed by atoms with van der Waals surface area (Å²) >= 11 is 0. The molecule has 5 heteroatoms. The van der Waals surface area contributed by atoms with Gasteiger partial charge in [0, 0.05) is 31.2 Å². The molecule has 1 aromatic heterocycles. The van der Waals surface area contributed by atoms with Crippen molar-refractivity contribution in [3.05, 3.63) is 53.9 Å². The lowest BCUT2D eigenvalue weighted by molar-refractivity contribution is 0.102. The topological polar surface area (TPSA) is 57.3 Å². The molecule has 2 N–H and O–H groups in total. The number of hydrogen-bond donors (Lipinski definition) is 2. The molecule has 2 rings (SSSR count). The zero-order valence-electron chi connectivity index (χ0n) is 14.0. The van der Waals surface area contributed by atoms with Crippen molar-refractivity contribution in [1.82, 2.24) is 9.88 Å². The van der Waals surface area contributed by atoms with Gasteiger partial charge in [-0.05, 0) is 44.3 Å². The Kier molecular flexibility index (Phi) is 6.11. The monoisotopic (exact) mass is 312 g/mol. The summed E-state index contributed by atoms with van der Waals surface area (Å²) in [5.41, 5.74) is 3.43. The summed E-state index contributed by atoms with van der Waals surface area (Å²) in [6.45, 7) is 3.83. The summed E-state index contributed by atoms with van der Waals surface area (Å²) in [7, 11) is 4.04. The third-order valence-corrected chi connectivity index (χ3v) is 3.51. The fourth-order valence-corrected chi connectivity index (χ4v) is 2.11. The lowest BCUT2D eigenvalue weighted by Crippen LogP contribution is -2.21. The van der Waals surface area contributed by atoms with Crippen molar-refractivity contribution < 1.29 is 4.79 Å². The third kappa shape index (κ3) is 5.38. The summed E-state index contributed by atoms with van der Waals surface area (Å²) in [5.74, 6) is -0.155. The van der Waals surface area contributed by atoms with Crippen LogP contribution >= 0.6 is 0 Å². The van der Waals surface area contributed by atoms with E-state index in [0.717, 1.165) is 30.9 Å². The predicted octanol–water partition coefficient (Wildman–Crippen LogP) is 2.87.